The maximum Gasteiger partial charge on any atom is 0.321 e. The van der Waals surface area contributed by atoms with Gasteiger partial charge in [0.2, 0.25) is 5.91 Å². The highest BCUT2D eigenvalue weighted by molar-refractivity contribution is 7.18. The Bertz CT molecular complexity index is 871. The number of urea groups is 1. The van der Waals surface area contributed by atoms with Crippen LogP contribution >= 0.6 is 11.3 Å². The number of carbonyl (C=O) groups is 2. The van der Waals surface area contributed by atoms with E-state index in [0.717, 1.165) is 36.1 Å². The van der Waals surface area contributed by atoms with Gasteiger partial charge in [-0.1, -0.05) is 13.8 Å². The fraction of sp³-hybridized carbons (Fsp3) is 0.529. The molecule has 0 fully saturated rings. The Morgan fingerprint density at radius 3 is 3.00 bits per heavy atom. The molecule has 0 spiro atoms. The summed E-state index contributed by atoms with van der Waals surface area (Å²) in [5.74, 6) is 0.0878. The van der Waals surface area contributed by atoms with Crippen LogP contribution in [0.3, 0.4) is 0 Å². The van der Waals surface area contributed by atoms with Crippen LogP contribution in [0.5, 0.6) is 0 Å². The molecule has 3 rings (SSSR count). The van der Waals surface area contributed by atoms with E-state index in [0.29, 0.717) is 17.8 Å². The molecule has 0 aliphatic heterocycles. The summed E-state index contributed by atoms with van der Waals surface area (Å²) in [5, 5.41) is 5.43. The summed E-state index contributed by atoms with van der Waals surface area (Å²) in [4.78, 5) is 42.6. The van der Waals surface area contributed by atoms with Crippen molar-refractivity contribution in [1.29, 1.82) is 0 Å². The Morgan fingerprint density at radius 1 is 1.44 bits per heavy atom. The fourth-order valence-corrected chi connectivity index (χ4v) is 4.42. The number of thiophene rings is 1. The van der Waals surface area contributed by atoms with Crippen molar-refractivity contribution < 1.29 is 9.59 Å². The average Bonchev–Trinajstić information content (AvgIpc) is 2.93. The van der Waals surface area contributed by atoms with Crippen molar-refractivity contribution in [2.75, 3.05) is 6.54 Å². The molecule has 0 unspecified atom stereocenters. The van der Waals surface area contributed by atoms with Gasteiger partial charge in [-0.2, -0.15) is 0 Å². The van der Waals surface area contributed by atoms with Gasteiger partial charge in [0.05, 0.1) is 11.7 Å². The molecule has 2 heterocycles. The molecule has 1 atom stereocenters. The minimum absolute atomic E-state index is 0.207. The molecule has 134 valence electrons. The van der Waals surface area contributed by atoms with E-state index in [1.165, 1.54) is 15.8 Å². The van der Waals surface area contributed by atoms with Crippen LogP contribution in [0.15, 0.2) is 11.1 Å². The molecule has 25 heavy (non-hydrogen) atoms. The van der Waals surface area contributed by atoms with Crippen LogP contribution in [0, 0.1) is 5.92 Å². The van der Waals surface area contributed by atoms with E-state index in [1.807, 2.05) is 6.92 Å². The molecular formula is C17H22N4O3S. The standard InChI is InChI=1S/C17H22N4O3S/c1-3-6-18-17(24)20-13(22)8-21-9-19-15-14(16(21)23)11-5-4-10(2)7-12(11)25-15/h9-10H,3-8H2,1-2H3,(H2,18,20,22,24)/t10-/m1/s1. The summed E-state index contributed by atoms with van der Waals surface area (Å²) in [6.07, 6.45) is 5.09. The molecule has 2 aromatic heterocycles. The minimum Gasteiger partial charge on any atom is -0.338 e. The molecule has 1 aliphatic rings. The molecule has 2 N–H and O–H groups in total. The molecule has 0 radical (unpaired) electrons. The number of imide groups is 1. The monoisotopic (exact) mass is 362 g/mol. The number of hydrogen-bond donors (Lipinski definition) is 2. The third-order valence-electron chi connectivity index (χ3n) is 4.38. The number of hydrogen-bond acceptors (Lipinski definition) is 5. The number of aromatic nitrogens is 2. The molecule has 2 aromatic rings. The Morgan fingerprint density at radius 2 is 2.24 bits per heavy atom. The molecule has 0 aromatic carbocycles. The second-order valence-electron chi connectivity index (χ2n) is 6.51. The molecule has 1 aliphatic carbocycles. The third kappa shape index (κ3) is 3.73. The zero-order chi connectivity index (χ0) is 18.0. The number of rotatable bonds is 4. The first-order valence-electron chi connectivity index (χ1n) is 8.57. The van der Waals surface area contributed by atoms with Crippen molar-refractivity contribution >= 4 is 33.5 Å². The summed E-state index contributed by atoms with van der Waals surface area (Å²) in [5.41, 5.74) is 0.882. The predicted molar refractivity (Wildman–Crippen MR) is 96.9 cm³/mol. The smallest absolute Gasteiger partial charge is 0.321 e. The van der Waals surface area contributed by atoms with Gasteiger partial charge in [0.1, 0.15) is 11.4 Å². The Hall–Kier alpha value is -2.22. The Kier molecular flexibility index (Phi) is 5.17. The Labute approximate surface area is 149 Å². The first kappa shape index (κ1) is 17.6. The van der Waals surface area contributed by atoms with Gasteiger partial charge < -0.3 is 5.32 Å². The van der Waals surface area contributed by atoms with E-state index in [2.05, 4.69) is 22.5 Å². The van der Waals surface area contributed by atoms with E-state index in [4.69, 9.17) is 0 Å². The number of fused-ring (bicyclic) bond motifs is 3. The lowest BCUT2D eigenvalue weighted by Crippen LogP contribution is -2.42. The van der Waals surface area contributed by atoms with Crippen LogP contribution in [0.4, 0.5) is 4.79 Å². The molecule has 0 saturated heterocycles. The molecule has 3 amide bonds. The van der Waals surface area contributed by atoms with Crippen molar-refractivity contribution in [3.05, 3.63) is 27.1 Å². The van der Waals surface area contributed by atoms with Crippen molar-refractivity contribution in [2.45, 2.75) is 46.1 Å². The molecule has 8 heteroatoms. The van der Waals surface area contributed by atoms with Crippen LogP contribution in [0.25, 0.3) is 10.2 Å². The highest BCUT2D eigenvalue weighted by atomic mass is 32.1. The normalized spacial score (nSPS) is 16.5. The average molecular weight is 362 g/mol. The van der Waals surface area contributed by atoms with E-state index in [-0.39, 0.29) is 12.1 Å². The van der Waals surface area contributed by atoms with Crippen LogP contribution in [-0.2, 0) is 24.2 Å². The van der Waals surface area contributed by atoms with Crippen LogP contribution in [0.1, 0.15) is 37.1 Å². The van der Waals surface area contributed by atoms with E-state index < -0.39 is 11.9 Å². The number of aryl methyl sites for hydroxylation is 1. The van der Waals surface area contributed by atoms with Crippen molar-refractivity contribution in [2.24, 2.45) is 5.92 Å². The van der Waals surface area contributed by atoms with E-state index in [9.17, 15) is 14.4 Å². The van der Waals surface area contributed by atoms with Gasteiger partial charge >= 0.3 is 6.03 Å². The lowest BCUT2D eigenvalue weighted by molar-refractivity contribution is -0.120. The highest BCUT2D eigenvalue weighted by Crippen LogP contribution is 2.35. The maximum absolute atomic E-state index is 12.8. The SMILES string of the molecule is CCCNC(=O)NC(=O)Cn1cnc2sc3c(c2c1=O)CC[C@@H](C)C3. The summed E-state index contributed by atoms with van der Waals surface area (Å²) in [6, 6.07) is -0.546. The zero-order valence-electron chi connectivity index (χ0n) is 14.4. The van der Waals surface area contributed by atoms with Crippen LogP contribution < -0.4 is 16.2 Å². The van der Waals surface area contributed by atoms with E-state index >= 15 is 0 Å². The summed E-state index contributed by atoms with van der Waals surface area (Å²) in [6.45, 7) is 4.41. The Balaban J connectivity index is 1.81. The maximum atomic E-state index is 12.8. The van der Waals surface area contributed by atoms with Gasteiger partial charge in [-0.3, -0.25) is 19.5 Å². The van der Waals surface area contributed by atoms with Crippen molar-refractivity contribution in [3.63, 3.8) is 0 Å². The topological polar surface area (TPSA) is 93.1 Å². The van der Waals surface area contributed by atoms with Gasteiger partial charge in [-0.15, -0.1) is 11.3 Å². The van der Waals surface area contributed by atoms with Gasteiger partial charge in [-0.25, -0.2) is 9.78 Å². The number of nitrogens with zero attached hydrogens (tertiary/aromatic N) is 2. The third-order valence-corrected chi connectivity index (χ3v) is 5.55. The van der Waals surface area contributed by atoms with Gasteiger partial charge in [0, 0.05) is 11.4 Å². The second kappa shape index (κ2) is 7.35. The summed E-state index contributed by atoms with van der Waals surface area (Å²) < 4.78 is 1.27. The molecular weight excluding hydrogens is 340 g/mol. The van der Waals surface area contributed by atoms with Gasteiger partial charge in [0.15, 0.2) is 0 Å². The number of nitrogens with one attached hydrogen (secondary N) is 2. The molecule has 0 bridgehead atoms. The van der Waals surface area contributed by atoms with Gasteiger partial charge in [-0.05, 0) is 37.2 Å². The fourth-order valence-electron chi connectivity index (χ4n) is 3.08. The summed E-state index contributed by atoms with van der Waals surface area (Å²) in [7, 11) is 0. The van der Waals surface area contributed by atoms with Gasteiger partial charge in [0.25, 0.3) is 5.56 Å². The lowest BCUT2D eigenvalue weighted by Gasteiger charge is -2.17. The first-order valence-corrected chi connectivity index (χ1v) is 9.38. The van der Waals surface area contributed by atoms with E-state index in [1.54, 1.807) is 11.3 Å². The molecule has 0 saturated carbocycles. The molecule has 7 nitrogen and oxygen atoms in total. The zero-order valence-corrected chi connectivity index (χ0v) is 15.2. The predicted octanol–water partition coefficient (Wildman–Crippen LogP) is 1.82. The lowest BCUT2D eigenvalue weighted by atomic mass is 9.89. The minimum atomic E-state index is -0.546. The highest BCUT2D eigenvalue weighted by Gasteiger charge is 2.23. The number of carbonyl (C=O) groups excluding carboxylic acids is 2. The van der Waals surface area contributed by atoms with Crippen LogP contribution in [-0.4, -0.2) is 28.0 Å². The quantitative estimate of drug-likeness (QED) is 0.868. The summed E-state index contributed by atoms with van der Waals surface area (Å²) >= 11 is 1.58. The van der Waals surface area contributed by atoms with Crippen molar-refractivity contribution in [3.8, 4) is 0 Å². The first-order chi connectivity index (χ1) is 12.0. The van der Waals surface area contributed by atoms with Crippen molar-refractivity contribution in [1.82, 2.24) is 20.2 Å². The van der Waals surface area contributed by atoms with Crippen LogP contribution in [0.2, 0.25) is 0 Å². The largest absolute Gasteiger partial charge is 0.338 e. The second-order valence-corrected chi connectivity index (χ2v) is 7.60. The number of amides is 3.